The maximum atomic E-state index is 13.4. The monoisotopic (exact) mass is 591 g/mol. The first-order valence-electron chi connectivity index (χ1n) is 14.2. The molecule has 3 aromatic rings. The summed E-state index contributed by atoms with van der Waals surface area (Å²) in [7, 11) is 0. The van der Waals surface area contributed by atoms with Crippen molar-refractivity contribution in [3.63, 3.8) is 0 Å². The number of carbonyl (C=O) groups excluding carboxylic acids is 4. The van der Waals surface area contributed by atoms with Crippen molar-refractivity contribution in [2.75, 3.05) is 6.61 Å². The highest BCUT2D eigenvalue weighted by Crippen LogP contribution is 2.13. The number of ether oxygens (including phenoxy) is 1. The van der Waals surface area contributed by atoms with Gasteiger partial charge in [0, 0.05) is 6.42 Å². The van der Waals surface area contributed by atoms with Gasteiger partial charge in [-0.2, -0.15) is 0 Å². The zero-order valence-electron chi connectivity index (χ0n) is 24.2. The SMILES string of the molecule is CC[C@@H]1NC(=O)Cc2ccc(cc2)OCCn2cc(nn2)CNC(=O)[C@H](Cc2ccccc2)NC(=O)[C@H]([C@@H](C)O)NC1=O. The fourth-order valence-electron chi connectivity index (χ4n) is 4.55. The zero-order chi connectivity index (χ0) is 30.8. The van der Waals surface area contributed by atoms with Crippen LogP contribution in [0.2, 0.25) is 0 Å². The number of hydrogen-bond acceptors (Lipinski definition) is 8. The summed E-state index contributed by atoms with van der Waals surface area (Å²) in [6.45, 7) is 3.88. The van der Waals surface area contributed by atoms with Crippen LogP contribution in [-0.4, -0.2) is 74.6 Å². The van der Waals surface area contributed by atoms with Crippen LogP contribution in [0.15, 0.2) is 60.8 Å². The van der Waals surface area contributed by atoms with Crippen LogP contribution in [0.3, 0.4) is 0 Å². The molecule has 0 fully saturated rings. The van der Waals surface area contributed by atoms with Crippen molar-refractivity contribution in [1.82, 2.24) is 36.3 Å². The molecule has 2 aromatic carbocycles. The number of hydrogen-bond donors (Lipinski definition) is 5. The molecule has 2 aliphatic heterocycles. The average molecular weight is 592 g/mol. The lowest BCUT2D eigenvalue weighted by molar-refractivity contribution is -0.135. The molecule has 43 heavy (non-hydrogen) atoms. The van der Waals surface area contributed by atoms with Crippen molar-refractivity contribution in [2.24, 2.45) is 0 Å². The van der Waals surface area contributed by atoms with Crippen LogP contribution in [0.5, 0.6) is 5.75 Å². The minimum absolute atomic E-state index is 0.0301. The van der Waals surface area contributed by atoms with Gasteiger partial charge in [-0.3, -0.25) is 19.2 Å². The number of aliphatic hydroxyl groups excluding tert-OH is 1. The molecule has 0 saturated heterocycles. The van der Waals surface area contributed by atoms with Crippen molar-refractivity contribution in [3.8, 4) is 5.75 Å². The minimum atomic E-state index is -1.38. The van der Waals surface area contributed by atoms with E-state index in [-0.39, 0.29) is 31.7 Å². The van der Waals surface area contributed by atoms with Crippen molar-refractivity contribution in [1.29, 1.82) is 0 Å². The van der Waals surface area contributed by atoms with E-state index in [1.807, 2.05) is 30.3 Å². The fourth-order valence-corrected chi connectivity index (χ4v) is 4.55. The van der Waals surface area contributed by atoms with Crippen LogP contribution < -0.4 is 26.0 Å². The molecule has 228 valence electrons. The summed E-state index contributed by atoms with van der Waals surface area (Å²) in [6.07, 6.45) is 0.845. The number of fused-ring (bicyclic) bond motifs is 16. The Morgan fingerprint density at radius 2 is 1.70 bits per heavy atom. The normalized spacial score (nSPS) is 21.5. The summed E-state index contributed by atoms with van der Waals surface area (Å²) >= 11 is 0. The third kappa shape index (κ3) is 9.10. The van der Waals surface area contributed by atoms with E-state index < -0.39 is 42.0 Å². The van der Waals surface area contributed by atoms with E-state index >= 15 is 0 Å². The van der Waals surface area contributed by atoms with Gasteiger partial charge >= 0.3 is 0 Å². The van der Waals surface area contributed by atoms with Crippen LogP contribution in [-0.2, 0) is 45.1 Å². The van der Waals surface area contributed by atoms with Crippen molar-refractivity contribution >= 4 is 23.6 Å². The van der Waals surface area contributed by atoms with E-state index in [1.54, 1.807) is 42.1 Å². The predicted octanol–water partition coefficient (Wildman–Crippen LogP) is 0.0173. The smallest absolute Gasteiger partial charge is 0.245 e. The highest BCUT2D eigenvalue weighted by Gasteiger charge is 2.32. The number of aliphatic hydroxyl groups is 1. The standard InChI is InChI=1S/C30H37N7O6/c1-3-24-29(41)34-27(19(2)38)30(42)33-25(15-20-7-5-4-6-8-20)28(40)31-17-22-18-37(36-35-22)13-14-43-23-11-9-21(10-12-23)16-26(39)32-24/h4-12,18-19,24-25,27,38H,3,13-17H2,1-2H3,(H,31,40)(H,32,39)(H,33,42)(H,34,41)/t19-,24+,25+,27+/m1/s1. The maximum absolute atomic E-state index is 13.4. The molecule has 13 heteroatoms. The molecule has 2 aliphatic rings. The second kappa shape index (κ2) is 14.9. The Morgan fingerprint density at radius 1 is 0.953 bits per heavy atom. The van der Waals surface area contributed by atoms with Gasteiger partial charge in [-0.15, -0.1) is 5.10 Å². The summed E-state index contributed by atoms with van der Waals surface area (Å²) in [6, 6.07) is 12.8. The molecule has 5 N–H and O–H groups in total. The molecule has 13 nitrogen and oxygen atoms in total. The third-order valence-electron chi connectivity index (χ3n) is 6.95. The molecule has 4 amide bonds. The van der Waals surface area contributed by atoms with Gasteiger partial charge in [0.2, 0.25) is 23.6 Å². The van der Waals surface area contributed by atoms with E-state index in [4.69, 9.17) is 4.74 Å². The first kappa shape index (κ1) is 31.2. The Hall–Kier alpha value is -4.78. The number of carbonyl (C=O) groups is 4. The Balaban J connectivity index is 1.57. The molecule has 0 spiro atoms. The quantitative estimate of drug-likeness (QED) is 0.264. The first-order valence-corrected chi connectivity index (χ1v) is 14.2. The van der Waals surface area contributed by atoms with Gasteiger partial charge in [0.05, 0.1) is 31.8 Å². The van der Waals surface area contributed by atoms with Crippen molar-refractivity contribution in [2.45, 2.75) is 70.4 Å². The lowest BCUT2D eigenvalue weighted by atomic mass is 10.0. The van der Waals surface area contributed by atoms with Crippen LogP contribution >= 0.6 is 0 Å². The lowest BCUT2D eigenvalue weighted by Gasteiger charge is -2.26. The number of nitrogens with one attached hydrogen (secondary N) is 4. The molecule has 0 aliphatic carbocycles. The molecule has 1 aromatic heterocycles. The highest BCUT2D eigenvalue weighted by atomic mass is 16.5. The maximum Gasteiger partial charge on any atom is 0.245 e. The van der Waals surface area contributed by atoms with Crippen LogP contribution in [0.4, 0.5) is 0 Å². The Kier molecular flexibility index (Phi) is 10.8. The van der Waals surface area contributed by atoms with E-state index in [9.17, 15) is 24.3 Å². The van der Waals surface area contributed by atoms with Crippen molar-refractivity contribution in [3.05, 3.63) is 77.6 Å². The second-order valence-corrected chi connectivity index (χ2v) is 10.4. The molecule has 5 rings (SSSR count). The van der Waals surface area contributed by atoms with Gasteiger partial charge in [-0.1, -0.05) is 54.6 Å². The Labute approximate surface area is 249 Å². The van der Waals surface area contributed by atoms with Gasteiger partial charge < -0.3 is 31.1 Å². The van der Waals surface area contributed by atoms with E-state index in [0.29, 0.717) is 24.6 Å². The number of amides is 4. The average Bonchev–Trinajstić information content (AvgIpc) is 3.45. The number of nitrogens with zero attached hydrogens (tertiary/aromatic N) is 3. The molecular weight excluding hydrogens is 554 g/mol. The van der Waals surface area contributed by atoms with Crippen LogP contribution in [0.25, 0.3) is 0 Å². The largest absolute Gasteiger partial charge is 0.492 e. The number of aromatic nitrogens is 3. The van der Waals surface area contributed by atoms with Crippen molar-refractivity contribution < 1.29 is 29.0 Å². The molecule has 0 radical (unpaired) electrons. The summed E-state index contributed by atoms with van der Waals surface area (Å²) in [5.41, 5.74) is 2.03. The number of benzene rings is 2. The first-order chi connectivity index (χ1) is 20.7. The summed E-state index contributed by atoms with van der Waals surface area (Å²) in [4.78, 5) is 52.5. The summed E-state index contributed by atoms with van der Waals surface area (Å²) in [5, 5.41) is 29.3. The lowest BCUT2D eigenvalue weighted by Crippen LogP contribution is -2.60. The number of rotatable bonds is 4. The third-order valence-corrected chi connectivity index (χ3v) is 6.95. The summed E-state index contributed by atoms with van der Waals surface area (Å²) in [5.74, 6) is -1.62. The molecule has 4 bridgehead atoms. The topological polar surface area (TPSA) is 177 Å². The fraction of sp³-hybridized carbons (Fsp3) is 0.400. The van der Waals surface area contributed by atoms with Crippen LogP contribution in [0, 0.1) is 0 Å². The van der Waals surface area contributed by atoms with Crippen LogP contribution in [0.1, 0.15) is 37.1 Å². The highest BCUT2D eigenvalue weighted by molar-refractivity contribution is 5.94. The molecular formula is C30H37N7O6. The molecule has 3 heterocycles. The van der Waals surface area contributed by atoms with Gasteiger partial charge in [0.15, 0.2) is 0 Å². The van der Waals surface area contributed by atoms with Gasteiger partial charge in [0.25, 0.3) is 0 Å². The summed E-state index contributed by atoms with van der Waals surface area (Å²) < 4.78 is 7.38. The zero-order valence-corrected chi connectivity index (χ0v) is 24.2. The van der Waals surface area contributed by atoms with E-state index in [2.05, 4.69) is 31.6 Å². The molecule has 0 saturated carbocycles. The Bertz CT molecular complexity index is 1390. The minimum Gasteiger partial charge on any atom is -0.492 e. The Morgan fingerprint density at radius 3 is 2.40 bits per heavy atom. The van der Waals surface area contributed by atoms with Gasteiger partial charge in [-0.25, -0.2) is 4.68 Å². The van der Waals surface area contributed by atoms with E-state index in [1.165, 1.54) is 6.92 Å². The predicted molar refractivity (Wildman–Crippen MR) is 155 cm³/mol. The van der Waals surface area contributed by atoms with Gasteiger partial charge in [0.1, 0.15) is 36.2 Å². The van der Waals surface area contributed by atoms with Gasteiger partial charge in [-0.05, 0) is 36.6 Å². The van der Waals surface area contributed by atoms with E-state index in [0.717, 1.165) is 11.1 Å². The molecule has 0 unspecified atom stereocenters. The molecule has 4 atom stereocenters. The second-order valence-electron chi connectivity index (χ2n) is 10.4.